The molecule has 4 aliphatic rings. The molecular weight excluding hydrogens is 476 g/mol. The Morgan fingerprint density at radius 2 is 1.78 bits per heavy atom. The molecule has 1 N–H and O–H groups in total. The first kappa shape index (κ1) is 25.5. The second-order valence-electron chi connectivity index (χ2n) is 10.4. The van der Waals surface area contributed by atoms with E-state index in [1.807, 2.05) is 19.1 Å². The van der Waals surface area contributed by atoms with Crippen molar-refractivity contribution in [2.24, 2.45) is 5.92 Å². The monoisotopic (exact) mass is 512 g/mol. The Labute approximate surface area is 217 Å². The highest BCUT2D eigenvalue weighted by molar-refractivity contribution is 6.05. The average molecular weight is 513 g/mol. The molecule has 200 valence electrons. The number of amides is 4. The number of hydrogen-bond donors (Lipinski definition) is 1. The summed E-state index contributed by atoms with van der Waals surface area (Å²) in [6, 6.07) is 5.33. The van der Waals surface area contributed by atoms with Crippen LogP contribution in [0.25, 0.3) is 0 Å². The highest BCUT2D eigenvalue weighted by Crippen LogP contribution is 2.32. The second-order valence-corrected chi connectivity index (χ2v) is 10.4. The summed E-state index contributed by atoms with van der Waals surface area (Å²) in [7, 11) is 0. The molecule has 1 aromatic rings. The molecule has 4 amide bonds. The lowest BCUT2D eigenvalue weighted by Gasteiger charge is -2.35. The van der Waals surface area contributed by atoms with Crippen molar-refractivity contribution in [1.29, 1.82) is 0 Å². The van der Waals surface area contributed by atoms with Crippen LogP contribution in [0.3, 0.4) is 0 Å². The van der Waals surface area contributed by atoms with Crippen molar-refractivity contribution in [3.05, 3.63) is 29.3 Å². The third kappa shape index (κ3) is 5.58. The zero-order valence-corrected chi connectivity index (χ0v) is 21.4. The van der Waals surface area contributed by atoms with Crippen molar-refractivity contribution >= 4 is 29.5 Å². The number of imide groups is 1. The predicted octanol–water partition coefficient (Wildman–Crippen LogP) is 2.30. The van der Waals surface area contributed by atoms with E-state index in [9.17, 15) is 19.2 Å². The second kappa shape index (κ2) is 11.1. The van der Waals surface area contributed by atoms with Gasteiger partial charge in [0.15, 0.2) is 0 Å². The first-order valence-corrected chi connectivity index (χ1v) is 13.5. The van der Waals surface area contributed by atoms with E-state index in [-0.39, 0.29) is 36.3 Å². The molecule has 0 radical (unpaired) electrons. The number of nitrogens with one attached hydrogen (secondary N) is 1. The minimum atomic E-state index is -0.591. The van der Waals surface area contributed by atoms with Crippen LogP contribution in [0.1, 0.15) is 61.4 Å². The normalized spacial score (nSPS) is 23.3. The van der Waals surface area contributed by atoms with Crippen molar-refractivity contribution in [3.63, 3.8) is 0 Å². The summed E-state index contributed by atoms with van der Waals surface area (Å²) in [6.45, 7) is 6.59. The fraction of sp³-hybridized carbons (Fsp3) is 0.630. The standard InChI is InChI=1S/C27H36N4O6/c1-2-36-27(35)30-11-7-18(8-12-30)17-37-21-9-13-29(14-10-21)20-3-4-22-19(15-20)16-31(26(22)34)23-5-6-24(32)28-25(23)33/h3-4,15,18,21,23H,2,5-14,16-17H2,1H3,(H,28,32,33). The Morgan fingerprint density at radius 1 is 1.03 bits per heavy atom. The number of carbonyl (C=O) groups excluding carboxylic acids is 4. The molecule has 4 heterocycles. The average Bonchev–Trinajstić information content (AvgIpc) is 3.23. The Balaban J connectivity index is 1.08. The lowest BCUT2D eigenvalue weighted by atomic mass is 9.97. The van der Waals surface area contributed by atoms with Crippen LogP contribution in [0, 0.1) is 5.92 Å². The molecule has 1 unspecified atom stereocenters. The Morgan fingerprint density at radius 3 is 2.49 bits per heavy atom. The highest BCUT2D eigenvalue weighted by atomic mass is 16.6. The van der Waals surface area contributed by atoms with Crippen LogP contribution in [0.5, 0.6) is 0 Å². The van der Waals surface area contributed by atoms with Crippen molar-refractivity contribution in [2.75, 3.05) is 44.3 Å². The van der Waals surface area contributed by atoms with E-state index in [0.29, 0.717) is 31.1 Å². The van der Waals surface area contributed by atoms with Gasteiger partial charge in [0, 0.05) is 57.0 Å². The van der Waals surface area contributed by atoms with Crippen LogP contribution in [-0.2, 0) is 25.6 Å². The molecule has 5 rings (SSSR count). The molecule has 10 heteroatoms. The summed E-state index contributed by atoms with van der Waals surface area (Å²) >= 11 is 0. The molecule has 10 nitrogen and oxygen atoms in total. The molecular formula is C27H36N4O6. The largest absolute Gasteiger partial charge is 0.450 e. The van der Waals surface area contributed by atoms with E-state index in [1.165, 1.54) is 0 Å². The Kier molecular flexibility index (Phi) is 7.64. The molecule has 0 saturated carbocycles. The molecule has 3 saturated heterocycles. The first-order valence-electron chi connectivity index (χ1n) is 13.5. The number of carbonyl (C=O) groups is 4. The maximum atomic E-state index is 12.9. The van der Waals surface area contributed by atoms with Gasteiger partial charge >= 0.3 is 6.09 Å². The SMILES string of the molecule is CCOC(=O)N1CCC(COC2CCN(c3ccc4c(c3)CN(C3CCC(=O)NC3=O)C4=O)CC2)CC1. The topological polar surface area (TPSA) is 108 Å². The summed E-state index contributed by atoms with van der Waals surface area (Å²) in [5, 5.41) is 2.35. The van der Waals surface area contributed by atoms with Crippen molar-refractivity contribution in [1.82, 2.24) is 15.1 Å². The molecule has 3 fully saturated rings. The van der Waals surface area contributed by atoms with E-state index >= 15 is 0 Å². The number of piperidine rings is 3. The van der Waals surface area contributed by atoms with Gasteiger partial charge in [-0.2, -0.15) is 0 Å². The number of fused-ring (bicyclic) bond motifs is 1. The molecule has 0 bridgehead atoms. The van der Waals surface area contributed by atoms with E-state index < -0.39 is 6.04 Å². The highest BCUT2D eigenvalue weighted by Gasteiger charge is 2.39. The summed E-state index contributed by atoms with van der Waals surface area (Å²) in [6.07, 6.45) is 4.43. The van der Waals surface area contributed by atoms with E-state index in [4.69, 9.17) is 9.47 Å². The fourth-order valence-electron chi connectivity index (χ4n) is 5.81. The van der Waals surface area contributed by atoms with Crippen LogP contribution < -0.4 is 10.2 Å². The maximum absolute atomic E-state index is 12.9. The minimum Gasteiger partial charge on any atom is -0.450 e. The van der Waals surface area contributed by atoms with Gasteiger partial charge in [-0.05, 0) is 68.7 Å². The lowest BCUT2D eigenvalue weighted by molar-refractivity contribution is -0.136. The molecule has 0 aromatic heterocycles. The van der Waals surface area contributed by atoms with Gasteiger partial charge < -0.3 is 24.2 Å². The number of anilines is 1. The van der Waals surface area contributed by atoms with E-state index in [0.717, 1.165) is 69.7 Å². The number of ether oxygens (including phenoxy) is 2. The number of likely N-dealkylation sites (tertiary alicyclic amines) is 1. The first-order chi connectivity index (χ1) is 17.9. The summed E-state index contributed by atoms with van der Waals surface area (Å²) in [5.41, 5.74) is 2.65. The third-order valence-corrected chi connectivity index (χ3v) is 8.02. The van der Waals surface area contributed by atoms with Gasteiger partial charge in [-0.15, -0.1) is 0 Å². The Bertz CT molecular complexity index is 1050. The van der Waals surface area contributed by atoms with Crippen LogP contribution >= 0.6 is 0 Å². The maximum Gasteiger partial charge on any atom is 0.409 e. The smallest absolute Gasteiger partial charge is 0.409 e. The van der Waals surface area contributed by atoms with E-state index in [2.05, 4.69) is 16.3 Å². The van der Waals surface area contributed by atoms with Gasteiger partial charge in [0.25, 0.3) is 5.91 Å². The Hall–Kier alpha value is -3.14. The van der Waals surface area contributed by atoms with Crippen LogP contribution in [0.15, 0.2) is 18.2 Å². The molecule has 0 aliphatic carbocycles. The molecule has 37 heavy (non-hydrogen) atoms. The summed E-state index contributed by atoms with van der Waals surface area (Å²) < 4.78 is 11.4. The molecule has 4 aliphatic heterocycles. The number of benzene rings is 1. The molecule has 1 aromatic carbocycles. The number of hydrogen-bond acceptors (Lipinski definition) is 7. The van der Waals surface area contributed by atoms with Crippen LogP contribution in [-0.4, -0.2) is 85.2 Å². The van der Waals surface area contributed by atoms with Crippen LogP contribution in [0.4, 0.5) is 10.5 Å². The molecule has 0 spiro atoms. The van der Waals surface area contributed by atoms with Gasteiger partial charge in [-0.25, -0.2) is 4.79 Å². The molecule has 1 atom stereocenters. The summed E-state index contributed by atoms with van der Waals surface area (Å²) in [5.74, 6) is -0.328. The van der Waals surface area contributed by atoms with Crippen molar-refractivity contribution in [3.8, 4) is 0 Å². The minimum absolute atomic E-state index is 0.142. The lowest BCUT2D eigenvalue weighted by Crippen LogP contribution is -2.52. The number of rotatable bonds is 6. The van der Waals surface area contributed by atoms with Crippen molar-refractivity contribution < 1.29 is 28.7 Å². The van der Waals surface area contributed by atoms with Gasteiger partial charge in [0.1, 0.15) is 6.04 Å². The van der Waals surface area contributed by atoms with E-state index in [1.54, 1.807) is 9.80 Å². The van der Waals surface area contributed by atoms with Crippen molar-refractivity contribution in [2.45, 2.75) is 64.1 Å². The van der Waals surface area contributed by atoms with Gasteiger partial charge in [0.05, 0.1) is 12.7 Å². The quantitative estimate of drug-likeness (QED) is 0.583. The van der Waals surface area contributed by atoms with Gasteiger partial charge in [-0.3, -0.25) is 19.7 Å². The zero-order chi connectivity index (χ0) is 25.9. The van der Waals surface area contributed by atoms with Crippen LogP contribution in [0.2, 0.25) is 0 Å². The zero-order valence-electron chi connectivity index (χ0n) is 21.4. The van der Waals surface area contributed by atoms with Gasteiger partial charge in [0.2, 0.25) is 11.8 Å². The summed E-state index contributed by atoms with van der Waals surface area (Å²) in [4.78, 5) is 54.3. The predicted molar refractivity (Wildman–Crippen MR) is 135 cm³/mol. The van der Waals surface area contributed by atoms with Gasteiger partial charge in [-0.1, -0.05) is 0 Å². The fourth-order valence-corrected chi connectivity index (χ4v) is 5.81. The number of nitrogens with zero attached hydrogens (tertiary/aromatic N) is 3. The third-order valence-electron chi connectivity index (χ3n) is 8.02.